The van der Waals surface area contributed by atoms with Gasteiger partial charge in [-0.25, -0.2) is 4.79 Å². The largest absolute Gasteiger partial charge is 0.338 e. The lowest BCUT2D eigenvalue weighted by atomic mass is 9.99. The average Bonchev–Trinajstić information content (AvgIpc) is 2.76. The molecule has 104 valence electrons. The Bertz CT molecular complexity index is 585. The van der Waals surface area contributed by atoms with Crippen molar-refractivity contribution in [3.63, 3.8) is 0 Å². The van der Waals surface area contributed by atoms with Crippen molar-refractivity contribution in [3.8, 4) is 0 Å². The van der Waals surface area contributed by atoms with E-state index in [1.807, 2.05) is 18.2 Å². The van der Waals surface area contributed by atoms with E-state index in [9.17, 15) is 14.4 Å². The van der Waals surface area contributed by atoms with Crippen molar-refractivity contribution in [2.24, 2.45) is 0 Å². The number of carbonyl (C=O) groups excluding carboxylic acids is 3. The molecular weight excluding hydrogens is 258 g/mol. The van der Waals surface area contributed by atoms with E-state index in [0.29, 0.717) is 13.1 Å². The van der Waals surface area contributed by atoms with Crippen molar-refractivity contribution >= 4 is 17.8 Å². The fraction of sp³-hybridized carbons (Fsp3) is 0.357. The minimum atomic E-state index is -0.743. The molecule has 1 saturated heterocycles. The Labute approximate surface area is 116 Å². The lowest BCUT2D eigenvalue weighted by Gasteiger charge is -2.29. The molecule has 3 rings (SSSR count). The summed E-state index contributed by atoms with van der Waals surface area (Å²) in [5, 5.41) is 4.58. The second-order valence-electron chi connectivity index (χ2n) is 5.05. The molecule has 1 unspecified atom stereocenters. The number of benzene rings is 1. The summed E-state index contributed by atoms with van der Waals surface area (Å²) >= 11 is 0. The van der Waals surface area contributed by atoms with E-state index < -0.39 is 18.0 Å². The maximum atomic E-state index is 12.2. The molecule has 2 aliphatic heterocycles. The standard InChI is InChI=1S/C14H15N3O3/c18-12(7-11-13(19)16-14(20)15-11)17-6-5-9-3-1-2-4-10(9)8-17/h1-4,11H,5-8H2,(H2,15,16,19,20). The van der Waals surface area contributed by atoms with Gasteiger partial charge in [0, 0.05) is 13.1 Å². The molecule has 20 heavy (non-hydrogen) atoms. The molecule has 1 aromatic rings. The van der Waals surface area contributed by atoms with Gasteiger partial charge in [-0.1, -0.05) is 24.3 Å². The quantitative estimate of drug-likeness (QED) is 0.754. The molecule has 0 saturated carbocycles. The number of nitrogens with one attached hydrogen (secondary N) is 2. The lowest BCUT2D eigenvalue weighted by Crippen LogP contribution is -2.41. The molecule has 6 heteroatoms. The second-order valence-corrected chi connectivity index (χ2v) is 5.05. The highest BCUT2D eigenvalue weighted by Gasteiger charge is 2.33. The van der Waals surface area contributed by atoms with E-state index >= 15 is 0 Å². The first-order valence-electron chi connectivity index (χ1n) is 6.59. The molecular formula is C14H15N3O3. The highest BCUT2D eigenvalue weighted by molar-refractivity contribution is 6.05. The van der Waals surface area contributed by atoms with Gasteiger partial charge >= 0.3 is 6.03 Å². The average molecular weight is 273 g/mol. The van der Waals surface area contributed by atoms with Gasteiger partial charge < -0.3 is 10.2 Å². The zero-order valence-corrected chi connectivity index (χ0v) is 10.9. The Morgan fingerprint density at radius 1 is 1.25 bits per heavy atom. The van der Waals surface area contributed by atoms with E-state index in [4.69, 9.17) is 0 Å². The lowest BCUT2D eigenvalue weighted by molar-refractivity contribution is -0.134. The number of hydrogen-bond donors (Lipinski definition) is 2. The van der Waals surface area contributed by atoms with Gasteiger partial charge in [-0.3, -0.25) is 14.9 Å². The third-order valence-corrected chi connectivity index (χ3v) is 3.72. The number of hydrogen-bond acceptors (Lipinski definition) is 3. The van der Waals surface area contributed by atoms with Crippen LogP contribution in [0.4, 0.5) is 4.79 Å². The molecule has 2 aliphatic rings. The Morgan fingerprint density at radius 2 is 2.00 bits per heavy atom. The van der Waals surface area contributed by atoms with Crippen LogP contribution >= 0.6 is 0 Å². The van der Waals surface area contributed by atoms with Gasteiger partial charge in [0.15, 0.2) is 0 Å². The van der Waals surface area contributed by atoms with Crippen molar-refractivity contribution in [2.45, 2.75) is 25.4 Å². The molecule has 6 nitrogen and oxygen atoms in total. The van der Waals surface area contributed by atoms with Crippen molar-refractivity contribution in [2.75, 3.05) is 6.54 Å². The maximum Gasteiger partial charge on any atom is 0.322 e. The SMILES string of the molecule is O=C1NC(=O)C(CC(=O)N2CCc3ccccc3C2)N1. The van der Waals surface area contributed by atoms with Crippen molar-refractivity contribution in [1.29, 1.82) is 0 Å². The summed E-state index contributed by atoms with van der Waals surface area (Å²) in [5.74, 6) is -0.539. The second kappa shape index (κ2) is 4.96. The van der Waals surface area contributed by atoms with Crippen molar-refractivity contribution < 1.29 is 14.4 Å². The van der Waals surface area contributed by atoms with Crippen LogP contribution in [0.3, 0.4) is 0 Å². The molecule has 1 atom stereocenters. The summed E-state index contributed by atoms with van der Waals surface area (Å²) in [6.07, 6.45) is 0.838. The number of fused-ring (bicyclic) bond motifs is 1. The molecule has 0 radical (unpaired) electrons. The molecule has 0 bridgehead atoms. The number of carbonyl (C=O) groups is 3. The van der Waals surface area contributed by atoms with E-state index in [1.54, 1.807) is 4.90 Å². The number of rotatable bonds is 2. The third kappa shape index (κ3) is 2.36. The zero-order chi connectivity index (χ0) is 14.1. The molecule has 0 aromatic heterocycles. The van der Waals surface area contributed by atoms with Gasteiger partial charge in [-0.05, 0) is 17.5 Å². The van der Waals surface area contributed by atoms with Crippen LogP contribution in [0.25, 0.3) is 0 Å². The first-order chi connectivity index (χ1) is 9.63. The van der Waals surface area contributed by atoms with Gasteiger partial charge in [0.25, 0.3) is 5.91 Å². The van der Waals surface area contributed by atoms with Crippen LogP contribution in [-0.2, 0) is 22.6 Å². The summed E-state index contributed by atoms with van der Waals surface area (Å²) in [4.78, 5) is 36.4. The first-order valence-corrected chi connectivity index (χ1v) is 6.59. The van der Waals surface area contributed by atoms with Crippen LogP contribution in [0, 0.1) is 0 Å². The normalized spacial score (nSPS) is 21.2. The van der Waals surface area contributed by atoms with Gasteiger partial charge in [0.1, 0.15) is 6.04 Å². The van der Waals surface area contributed by atoms with Crippen LogP contribution in [-0.4, -0.2) is 35.3 Å². The monoisotopic (exact) mass is 273 g/mol. The third-order valence-electron chi connectivity index (χ3n) is 3.72. The van der Waals surface area contributed by atoms with Gasteiger partial charge in [-0.2, -0.15) is 0 Å². The molecule has 1 fully saturated rings. The number of nitrogens with zero attached hydrogens (tertiary/aromatic N) is 1. The smallest absolute Gasteiger partial charge is 0.322 e. The van der Waals surface area contributed by atoms with Crippen LogP contribution in [0.1, 0.15) is 17.5 Å². The Hall–Kier alpha value is -2.37. The number of amides is 4. The summed E-state index contributed by atoms with van der Waals surface area (Å²) in [6.45, 7) is 1.22. The van der Waals surface area contributed by atoms with Gasteiger partial charge in [-0.15, -0.1) is 0 Å². The van der Waals surface area contributed by atoms with Crippen LogP contribution in [0.5, 0.6) is 0 Å². The van der Waals surface area contributed by atoms with Crippen LogP contribution < -0.4 is 10.6 Å². The Morgan fingerprint density at radius 3 is 2.70 bits per heavy atom. The van der Waals surface area contributed by atoms with E-state index in [0.717, 1.165) is 12.0 Å². The summed E-state index contributed by atoms with van der Waals surface area (Å²) in [6, 6.07) is 6.76. The molecule has 0 aliphatic carbocycles. The van der Waals surface area contributed by atoms with E-state index in [-0.39, 0.29) is 12.3 Å². The van der Waals surface area contributed by atoms with E-state index in [1.165, 1.54) is 5.56 Å². The minimum Gasteiger partial charge on any atom is -0.338 e. The molecule has 4 amide bonds. The predicted molar refractivity (Wildman–Crippen MR) is 70.6 cm³/mol. The Balaban J connectivity index is 1.65. The summed E-state index contributed by atoms with van der Waals surface area (Å²) in [7, 11) is 0. The fourth-order valence-corrected chi connectivity index (χ4v) is 2.61. The van der Waals surface area contributed by atoms with Gasteiger partial charge in [0.2, 0.25) is 5.91 Å². The molecule has 0 spiro atoms. The fourth-order valence-electron chi connectivity index (χ4n) is 2.61. The topological polar surface area (TPSA) is 78.5 Å². The van der Waals surface area contributed by atoms with Crippen LogP contribution in [0.2, 0.25) is 0 Å². The van der Waals surface area contributed by atoms with Crippen LogP contribution in [0.15, 0.2) is 24.3 Å². The van der Waals surface area contributed by atoms with E-state index in [2.05, 4.69) is 16.7 Å². The highest BCUT2D eigenvalue weighted by Crippen LogP contribution is 2.19. The first kappa shape index (κ1) is 12.7. The number of imide groups is 1. The van der Waals surface area contributed by atoms with Gasteiger partial charge in [0.05, 0.1) is 6.42 Å². The Kier molecular flexibility index (Phi) is 3.14. The molecule has 1 aromatic carbocycles. The molecule has 2 N–H and O–H groups in total. The minimum absolute atomic E-state index is 0.0136. The van der Waals surface area contributed by atoms with Crippen molar-refractivity contribution in [1.82, 2.24) is 15.5 Å². The number of urea groups is 1. The summed E-state index contributed by atoms with van der Waals surface area (Å²) < 4.78 is 0. The summed E-state index contributed by atoms with van der Waals surface area (Å²) in [5.41, 5.74) is 2.41. The highest BCUT2D eigenvalue weighted by atomic mass is 16.2. The predicted octanol–water partition coefficient (Wildman–Crippen LogP) is 0.169. The zero-order valence-electron chi connectivity index (χ0n) is 10.9. The molecule has 2 heterocycles. The maximum absolute atomic E-state index is 12.2. The van der Waals surface area contributed by atoms with Crippen molar-refractivity contribution in [3.05, 3.63) is 35.4 Å².